The number of benzene rings is 1. The predicted octanol–water partition coefficient (Wildman–Crippen LogP) is 1.48. The summed E-state index contributed by atoms with van der Waals surface area (Å²) in [4.78, 5) is 45.1. The van der Waals surface area contributed by atoms with Gasteiger partial charge in [-0.1, -0.05) is 24.8 Å². The molecular formula is C18H22F3N7O7S2. The molecule has 37 heavy (non-hydrogen) atoms. The van der Waals surface area contributed by atoms with Crippen molar-refractivity contribution < 1.29 is 45.4 Å². The van der Waals surface area contributed by atoms with Crippen LogP contribution in [0.2, 0.25) is 0 Å². The average Bonchev–Trinajstić information content (AvgIpc) is 2.75. The van der Waals surface area contributed by atoms with Gasteiger partial charge in [-0.2, -0.15) is 28.1 Å². The van der Waals surface area contributed by atoms with E-state index >= 15 is 0 Å². The van der Waals surface area contributed by atoms with Gasteiger partial charge in [-0.05, 0) is 18.6 Å². The first-order chi connectivity index (χ1) is 17.0. The number of thiol groups is 1. The molecule has 0 fully saturated rings. The number of aromatic nitrogens is 3. The largest absolute Gasteiger partial charge is 0.465 e. The molecule has 0 spiro atoms. The Morgan fingerprint density at radius 1 is 1.16 bits per heavy atom. The van der Waals surface area contributed by atoms with Crippen LogP contribution in [-0.4, -0.2) is 74.6 Å². The highest BCUT2D eigenvalue weighted by Gasteiger charge is 2.30. The first-order valence-corrected chi connectivity index (χ1v) is 11.5. The molecule has 204 valence electrons. The fourth-order valence-corrected chi connectivity index (χ4v) is 3.72. The molecule has 3 amide bonds. The van der Waals surface area contributed by atoms with E-state index in [0.29, 0.717) is 0 Å². The van der Waals surface area contributed by atoms with Crippen LogP contribution in [0.3, 0.4) is 0 Å². The number of nitrogens with zero attached hydrogens (tertiary/aromatic N) is 4. The summed E-state index contributed by atoms with van der Waals surface area (Å²) in [5.74, 6) is -1.71. The van der Waals surface area contributed by atoms with Crippen LogP contribution in [0, 0.1) is 6.92 Å². The van der Waals surface area contributed by atoms with E-state index in [1.165, 1.54) is 44.1 Å². The zero-order valence-corrected chi connectivity index (χ0v) is 21.4. The highest BCUT2D eigenvalue weighted by Crippen LogP contribution is 2.22. The summed E-state index contributed by atoms with van der Waals surface area (Å²) >= 11 is 3.10. The third-order valence-corrected chi connectivity index (χ3v) is 5.24. The number of methoxy groups -OCH3 is 1. The molecule has 14 nitrogen and oxygen atoms in total. The number of halogens is 3. The molecule has 0 aliphatic heterocycles. The Kier molecular flexibility index (Phi) is 10.9. The van der Waals surface area contributed by atoms with Gasteiger partial charge in [0.05, 0.1) is 12.7 Å². The van der Waals surface area contributed by atoms with Crippen LogP contribution >= 0.6 is 12.6 Å². The monoisotopic (exact) mass is 569 g/mol. The van der Waals surface area contributed by atoms with Crippen LogP contribution in [0.4, 0.5) is 34.7 Å². The van der Waals surface area contributed by atoms with Gasteiger partial charge in [-0.15, -0.1) is 0 Å². The summed E-state index contributed by atoms with van der Waals surface area (Å²) in [7, 11) is -0.604. The molecule has 0 aliphatic rings. The van der Waals surface area contributed by atoms with Gasteiger partial charge >= 0.3 is 24.2 Å². The number of esters is 1. The number of sulfonamides is 1. The van der Waals surface area contributed by atoms with Gasteiger partial charge in [-0.3, -0.25) is 10.1 Å². The lowest BCUT2D eigenvalue weighted by molar-refractivity contribution is -0.154. The molecule has 0 bridgehead atoms. The molecule has 0 atom stereocenters. The third kappa shape index (κ3) is 10.3. The highest BCUT2D eigenvalue weighted by molar-refractivity contribution is 7.96. The van der Waals surface area contributed by atoms with Gasteiger partial charge in [0.15, 0.2) is 6.61 Å². The standard InChI is InChI=1S/C17H19F3N6O6S.CH3NOS/c1-9-6-5-7-10(12(27)31-4)11(9)33(29,30)25-15(28)22-13-21-14(26(2)3)24-16(23-13)32-8-17(18,19)20;2-1(3)4/h5-7H,8H2,1-4H3,(H2,21,22,23,24,25,28);(H3,2,3,4). The number of hydrogen-bond donors (Lipinski definition) is 4. The van der Waals surface area contributed by atoms with Crippen molar-refractivity contribution in [3.8, 4) is 6.01 Å². The molecule has 19 heteroatoms. The SMILES string of the molecule is COC(=O)c1cccc(C)c1S(=O)(=O)NC(=O)Nc1nc(OCC(F)(F)F)nc(N(C)C)n1.NC(=O)S. The van der Waals surface area contributed by atoms with Crippen molar-refractivity contribution in [3.63, 3.8) is 0 Å². The first-order valence-electron chi connectivity index (χ1n) is 9.60. The number of anilines is 2. The number of urea groups is 1. The van der Waals surface area contributed by atoms with Crippen molar-refractivity contribution in [3.05, 3.63) is 29.3 Å². The molecule has 0 radical (unpaired) electrons. The number of rotatable bonds is 7. The molecule has 0 unspecified atom stereocenters. The number of hydrogen-bond acceptors (Lipinski definition) is 11. The minimum atomic E-state index is -4.67. The van der Waals surface area contributed by atoms with E-state index < -0.39 is 56.9 Å². The molecule has 0 saturated carbocycles. The van der Waals surface area contributed by atoms with Crippen molar-refractivity contribution in [1.29, 1.82) is 0 Å². The van der Waals surface area contributed by atoms with E-state index in [1.54, 1.807) is 4.72 Å². The summed E-state index contributed by atoms with van der Waals surface area (Å²) < 4.78 is 73.5. The van der Waals surface area contributed by atoms with E-state index in [4.69, 9.17) is 4.79 Å². The van der Waals surface area contributed by atoms with Gasteiger partial charge in [0.25, 0.3) is 15.3 Å². The number of nitrogens with one attached hydrogen (secondary N) is 2. The zero-order chi connectivity index (χ0) is 28.6. The summed E-state index contributed by atoms with van der Waals surface area (Å²) in [6, 6.07) is 1.92. The lowest BCUT2D eigenvalue weighted by atomic mass is 10.1. The lowest BCUT2D eigenvalue weighted by Gasteiger charge is -2.15. The van der Waals surface area contributed by atoms with Crippen molar-refractivity contribution >= 4 is 51.8 Å². The van der Waals surface area contributed by atoms with E-state index in [1.807, 2.05) is 5.32 Å². The second kappa shape index (κ2) is 12.9. The topological polar surface area (TPSA) is 196 Å². The maximum Gasteiger partial charge on any atom is 0.422 e. The summed E-state index contributed by atoms with van der Waals surface area (Å²) in [6.07, 6.45) is -4.67. The molecule has 4 N–H and O–H groups in total. The number of carbonyl (C=O) groups excluding carboxylic acids is 3. The number of alkyl halides is 3. The molecule has 2 aromatic rings. The van der Waals surface area contributed by atoms with Crippen molar-refractivity contribution in [2.24, 2.45) is 5.73 Å². The Bertz CT molecular complexity index is 1250. The van der Waals surface area contributed by atoms with Crippen LogP contribution < -0.4 is 25.4 Å². The summed E-state index contributed by atoms with van der Waals surface area (Å²) in [5.41, 5.74) is 4.18. The number of ether oxygens (including phenoxy) is 2. The van der Waals surface area contributed by atoms with Crippen molar-refractivity contribution in [2.75, 3.05) is 38.0 Å². The van der Waals surface area contributed by atoms with Crippen LogP contribution in [0.25, 0.3) is 0 Å². The number of amides is 3. The van der Waals surface area contributed by atoms with E-state index in [-0.39, 0.29) is 17.1 Å². The van der Waals surface area contributed by atoms with E-state index in [9.17, 15) is 31.2 Å². The molecule has 1 aromatic heterocycles. The summed E-state index contributed by atoms with van der Waals surface area (Å²) in [6.45, 7) is -0.300. The maximum absolute atomic E-state index is 12.8. The molecule has 0 saturated heterocycles. The number of primary amides is 1. The van der Waals surface area contributed by atoms with Crippen LogP contribution in [0.5, 0.6) is 6.01 Å². The number of nitrogens with two attached hydrogens (primary N) is 1. The number of carbonyl (C=O) groups is 3. The number of aryl methyl sites for hydroxylation is 1. The molecule has 0 aliphatic carbocycles. The van der Waals surface area contributed by atoms with Crippen LogP contribution in [0.1, 0.15) is 15.9 Å². The summed E-state index contributed by atoms with van der Waals surface area (Å²) in [5, 5.41) is 1.35. The Balaban J connectivity index is 0.00000159. The van der Waals surface area contributed by atoms with Crippen molar-refractivity contribution in [2.45, 2.75) is 18.0 Å². The smallest absolute Gasteiger partial charge is 0.422 e. The Hall–Kier alpha value is -3.87. The molecule has 2 rings (SSSR count). The van der Waals surface area contributed by atoms with Gasteiger partial charge in [0, 0.05) is 14.1 Å². The van der Waals surface area contributed by atoms with Crippen LogP contribution in [-0.2, 0) is 14.8 Å². The van der Waals surface area contributed by atoms with Gasteiger partial charge in [0.2, 0.25) is 11.9 Å². The Labute approximate surface area is 214 Å². The quantitative estimate of drug-likeness (QED) is 0.278. The minimum absolute atomic E-state index is 0.149. The third-order valence-electron chi connectivity index (χ3n) is 3.71. The zero-order valence-electron chi connectivity index (χ0n) is 19.7. The fourth-order valence-electron chi connectivity index (χ4n) is 2.39. The highest BCUT2D eigenvalue weighted by atomic mass is 32.2. The Morgan fingerprint density at radius 2 is 1.76 bits per heavy atom. The minimum Gasteiger partial charge on any atom is -0.465 e. The van der Waals surface area contributed by atoms with E-state index in [2.05, 4.69) is 42.8 Å². The average molecular weight is 570 g/mol. The van der Waals surface area contributed by atoms with E-state index in [0.717, 1.165) is 7.11 Å². The maximum atomic E-state index is 12.8. The van der Waals surface area contributed by atoms with Crippen molar-refractivity contribution in [1.82, 2.24) is 19.7 Å². The fraction of sp³-hybridized carbons (Fsp3) is 0.333. The van der Waals surface area contributed by atoms with Gasteiger partial charge in [0.1, 0.15) is 4.90 Å². The van der Waals surface area contributed by atoms with Gasteiger partial charge in [-0.25, -0.2) is 22.7 Å². The molecule has 1 heterocycles. The second-order valence-corrected chi connectivity index (χ2v) is 8.94. The lowest BCUT2D eigenvalue weighted by Crippen LogP contribution is -2.36. The normalized spacial score (nSPS) is 10.9. The second-order valence-electron chi connectivity index (χ2n) is 6.88. The molecular weight excluding hydrogens is 547 g/mol. The molecule has 1 aromatic carbocycles. The van der Waals surface area contributed by atoms with Crippen LogP contribution in [0.15, 0.2) is 23.1 Å². The predicted molar refractivity (Wildman–Crippen MR) is 126 cm³/mol. The first kappa shape index (κ1) is 31.2. The Morgan fingerprint density at radius 3 is 2.27 bits per heavy atom. The van der Waals surface area contributed by atoms with Gasteiger partial charge < -0.3 is 20.1 Å².